The zero-order valence-electron chi connectivity index (χ0n) is 6.56. The highest BCUT2D eigenvalue weighted by molar-refractivity contribution is 9.09. The summed E-state index contributed by atoms with van der Waals surface area (Å²) >= 11 is 3.17. The molecule has 0 aliphatic heterocycles. The molecule has 12 heavy (non-hydrogen) atoms. The van der Waals surface area contributed by atoms with Crippen LogP contribution in [0.5, 0.6) is 0 Å². The maximum atomic E-state index is 12.8. The largest absolute Gasteiger partial charge is 0.228 e. The zero-order chi connectivity index (χ0) is 8.97. The first kappa shape index (κ1) is 9.21. The Morgan fingerprint density at radius 3 is 3.08 bits per heavy atom. The van der Waals surface area contributed by atoms with Gasteiger partial charge < -0.3 is 0 Å². The second-order valence-electron chi connectivity index (χ2n) is 2.21. The minimum atomic E-state index is -0.448. The van der Waals surface area contributed by atoms with Gasteiger partial charge in [0.15, 0.2) is 0 Å². The number of hydrogen-bond acceptors (Lipinski definition) is 1. The van der Waals surface area contributed by atoms with Gasteiger partial charge in [0.1, 0.15) is 0 Å². The third-order valence-corrected chi connectivity index (χ3v) is 1.71. The first-order valence-corrected chi connectivity index (χ1v) is 4.54. The molecule has 0 spiro atoms. The molecule has 62 valence electrons. The van der Waals surface area contributed by atoms with Gasteiger partial charge in [-0.1, -0.05) is 27.8 Å². The molecule has 0 aliphatic rings. The normalized spacial score (nSPS) is 8.92. The number of alkyl halides is 1. The summed E-state index contributed by atoms with van der Waals surface area (Å²) in [6.45, 7) is 1.67. The summed E-state index contributed by atoms with van der Waals surface area (Å²) in [7, 11) is 0. The van der Waals surface area contributed by atoms with Crippen molar-refractivity contribution in [1.82, 2.24) is 4.98 Å². The van der Waals surface area contributed by atoms with Crippen LogP contribution in [0.2, 0.25) is 0 Å². The van der Waals surface area contributed by atoms with Crippen molar-refractivity contribution in [2.45, 2.75) is 6.92 Å². The van der Waals surface area contributed by atoms with Crippen LogP contribution in [0.1, 0.15) is 11.1 Å². The first-order valence-electron chi connectivity index (χ1n) is 3.41. The van der Waals surface area contributed by atoms with E-state index in [0.29, 0.717) is 16.5 Å². The molecule has 0 saturated heterocycles. The van der Waals surface area contributed by atoms with Crippen molar-refractivity contribution in [3.05, 3.63) is 29.3 Å². The number of halogens is 2. The predicted octanol–water partition coefficient (Wildman–Crippen LogP) is 2.28. The van der Waals surface area contributed by atoms with E-state index in [9.17, 15) is 4.39 Å². The Kier molecular flexibility index (Phi) is 3.24. The van der Waals surface area contributed by atoms with Crippen molar-refractivity contribution < 1.29 is 4.39 Å². The molecule has 0 fully saturated rings. The fourth-order valence-corrected chi connectivity index (χ4v) is 0.914. The van der Waals surface area contributed by atoms with Gasteiger partial charge in [0.25, 0.3) is 0 Å². The average molecular weight is 228 g/mol. The summed E-state index contributed by atoms with van der Waals surface area (Å²) in [4.78, 5) is 3.50. The zero-order valence-corrected chi connectivity index (χ0v) is 8.15. The highest BCUT2D eigenvalue weighted by Crippen LogP contribution is 2.07. The summed E-state index contributed by atoms with van der Waals surface area (Å²) < 4.78 is 12.8. The highest BCUT2D eigenvalue weighted by Gasteiger charge is 2.00. The van der Waals surface area contributed by atoms with Crippen LogP contribution in [0, 0.1) is 24.7 Å². The Balaban J connectivity index is 3.08. The minimum Gasteiger partial charge on any atom is -0.228 e. The van der Waals surface area contributed by atoms with Gasteiger partial charge in [-0.3, -0.25) is 0 Å². The van der Waals surface area contributed by atoms with Crippen LogP contribution < -0.4 is 0 Å². The van der Waals surface area contributed by atoms with Crippen molar-refractivity contribution in [3.63, 3.8) is 0 Å². The maximum absolute atomic E-state index is 12.8. The van der Waals surface area contributed by atoms with Crippen LogP contribution in [0.3, 0.4) is 0 Å². The molecule has 1 nitrogen and oxygen atoms in total. The molecule has 0 amide bonds. The molecule has 0 saturated carbocycles. The number of hydrogen-bond donors (Lipinski definition) is 0. The maximum Gasteiger partial charge on any atom is 0.216 e. The Bertz CT molecular complexity index is 338. The second kappa shape index (κ2) is 4.22. The van der Waals surface area contributed by atoms with E-state index in [1.54, 1.807) is 13.0 Å². The molecule has 1 heterocycles. The van der Waals surface area contributed by atoms with Crippen LogP contribution in [0.4, 0.5) is 4.39 Å². The van der Waals surface area contributed by atoms with E-state index in [-0.39, 0.29) is 0 Å². The molecule has 0 unspecified atom stereocenters. The van der Waals surface area contributed by atoms with E-state index in [1.165, 1.54) is 6.20 Å². The van der Waals surface area contributed by atoms with E-state index < -0.39 is 5.95 Å². The fourth-order valence-electron chi connectivity index (χ4n) is 0.774. The molecule has 0 aromatic carbocycles. The van der Waals surface area contributed by atoms with E-state index >= 15 is 0 Å². The first-order chi connectivity index (χ1) is 5.75. The third kappa shape index (κ3) is 2.05. The van der Waals surface area contributed by atoms with E-state index in [2.05, 4.69) is 32.8 Å². The van der Waals surface area contributed by atoms with Gasteiger partial charge in [0.05, 0.1) is 5.33 Å². The number of pyridine rings is 1. The van der Waals surface area contributed by atoms with Crippen molar-refractivity contribution in [1.29, 1.82) is 0 Å². The lowest BCUT2D eigenvalue weighted by atomic mass is 10.1. The molecular weight excluding hydrogens is 221 g/mol. The Morgan fingerprint density at radius 2 is 2.42 bits per heavy atom. The minimum absolute atomic E-state index is 0.448. The molecule has 1 aromatic heterocycles. The van der Waals surface area contributed by atoms with Crippen LogP contribution >= 0.6 is 15.9 Å². The Hall–Kier alpha value is -0.880. The van der Waals surface area contributed by atoms with Crippen molar-refractivity contribution in [2.24, 2.45) is 0 Å². The third-order valence-electron chi connectivity index (χ3n) is 1.43. The topological polar surface area (TPSA) is 12.9 Å². The lowest BCUT2D eigenvalue weighted by molar-refractivity contribution is 0.574. The summed E-state index contributed by atoms with van der Waals surface area (Å²) in [5.74, 6) is 5.18. The molecule has 1 rings (SSSR count). The van der Waals surface area contributed by atoms with Crippen LogP contribution in [-0.2, 0) is 0 Å². The van der Waals surface area contributed by atoms with Gasteiger partial charge in [0, 0.05) is 17.3 Å². The second-order valence-corrected chi connectivity index (χ2v) is 2.77. The van der Waals surface area contributed by atoms with E-state index in [0.717, 1.165) is 0 Å². The molecule has 0 aliphatic carbocycles. The smallest absolute Gasteiger partial charge is 0.216 e. The molecule has 0 atom stereocenters. The molecule has 1 aromatic rings. The summed E-state index contributed by atoms with van der Waals surface area (Å²) in [6.07, 6.45) is 1.42. The Labute approximate surface area is 79.1 Å². The molecule has 0 bridgehead atoms. The highest BCUT2D eigenvalue weighted by atomic mass is 79.9. The SMILES string of the molecule is Cc1c(C#CCBr)ccnc1F. The molecule has 3 heteroatoms. The molecular formula is C9H7BrFN. The van der Waals surface area contributed by atoms with Gasteiger partial charge in [-0.05, 0) is 13.0 Å². The summed E-state index contributed by atoms with van der Waals surface area (Å²) in [5, 5.41) is 0.594. The summed E-state index contributed by atoms with van der Waals surface area (Å²) in [5.41, 5.74) is 1.20. The van der Waals surface area contributed by atoms with Crippen LogP contribution in [0.15, 0.2) is 12.3 Å². The average Bonchev–Trinajstić information content (AvgIpc) is 2.08. The van der Waals surface area contributed by atoms with Crippen LogP contribution in [0.25, 0.3) is 0 Å². The van der Waals surface area contributed by atoms with Gasteiger partial charge >= 0.3 is 0 Å². The monoisotopic (exact) mass is 227 g/mol. The van der Waals surface area contributed by atoms with Crippen molar-refractivity contribution >= 4 is 15.9 Å². The predicted molar refractivity (Wildman–Crippen MR) is 49.6 cm³/mol. The van der Waals surface area contributed by atoms with Crippen LogP contribution in [-0.4, -0.2) is 10.3 Å². The van der Waals surface area contributed by atoms with Crippen molar-refractivity contribution in [2.75, 3.05) is 5.33 Å². The van der Waals surface area contributed by atoms with Gasteiger partial charge in [-0.2, -0.15) is 4.39 Å². The quantitative estimate of drug-likeness (QED) is 0.377. The fraction of sp³-hybridized carbons (Fsp3) is 0.222. The standard InChI is InChI=1S/C9H7BrFN/c1-7-8(3-2-5-10)4-6-12-9(7)11/h4,6H,5H2,1H3. The molecule has 0 radical (unpaired) electrons. The summed E-state index contributed by atoms with van der Waals surface area (Å²) in [6, 6.07) is 1.70. The van der Waals surface area contributed by atoms with Gasteiger partial charge in [0.2, 0.25) is 5.95 Å². The lowest BCUT2D eigenvalue weighted by Gasteiger charge is -1.96. The van der Waals surface area contributed by atoms with E-state index in [1.807, 2.05) is 0 Å². The molecule has 0 N–H and O–H groups in total. The number of aromatic nitrogens is 1. The van der Waals surface area contributed by atoms with Crippen molar-refractivity contribution in [3.8, 4) is 11.8 Å². The van der Waals surface area contributed by atoms with Gasteiger partial charge in [-0.25, -0.2) is 4.98 Å². The van der Waals surface area contributed by atoms with E-state index in [4.69, 9.17) is 0 Å². The van der Waals surface area contributed by atoms with Gasteiger partial charge in [-0.15, -0.1) is 0 Å². The number of nitrogens with zero attached hydrogens (tertiary/aromatic N) is 1. The Morgan fingerprint density at radius 1 is 1.67 bits per heavy atom. The number of rotatable bonds is 0. The lowest BCUT2D eigenvalue weighted by Crippen LogP contribution is -1.90.